The molecule has 0 unspecified atom stereocenters. The van der Waals surface area contributed by atoms with Crippen molar-refractivity contribution < 1.29 is 4.79 Å². The van der Waals surface area contributed by atoms with Gasteiger partial charge in [-0.25, -0.2) is 4.68 Å². The van der Waals surface area contributed by atoms with E-state index in [1.165, 1.54) is 0 Å². The van der Waals surface area contributed by atoms with Crippen LogP contribution < -0.4 is 4.90 Å². The first kappa shape index (κ1) is 17.1. The molecule has 0 N–H and O–H groups in total. The van der Waals surface area contributed by atoms with E-state index in [1.807, 2.05) is 36.9 Å². The summed E-state index contributed by atoms with van der Waals surface area (Å²) >= 11 is 0. The summed E-state index contributed by atoms with van der Waals surface area (Å²) in [7, 11) is 0. The van der Waals surface area contributed by atoms with Crippen LogP contribution in [0.1, 0.15) is 21.7 Å². The third-order valence-electron chi connectivity index (χ3n) is 4.68. The van der Waals surface area contributed by atoms with Gasteiger partial charge in [0.2, 0.25) is 0 Å². The molecule has 3 aromatic heterocycles. The van der Waals surface area contributed by atoms with Crippen LogP contribution in [0.3, 0.4) is 0 Å². The number of hydrogen-bond donors (Lipinski definition) is 0. The van der Waals surface area contributed by atoms with E-state index in [9.17, 15) is 4.79 Å². The van der Waals surface area contributed by atoms with Gasteiger partial charge >= 0.3 is 0 Å². The number of carbonyl (C=O) groups is 1. The number of aromatic nitrogens is 5. The Bertz CT molecular complexity index is 928. The number of rotatable bonds is 3. The van der Waals surface area contributed by atoms with Crippen molar-refractivity contribution in [2.75, 3.05) is 31.1 Å². The Labute approximate surface area is 157 Å². The van der Waals surface area contributed by atoms with Gasteiger partial charge < -0.3 is 9.80 Å². The molecule has 0 saturated carbocycles. The summed E-state index contributed by atoms with van der Waals surface area (Å²) in [5.74, 6) is 1.56. The molecule has 1 fully saturated rings. The van der Waals surface area contributed by atoms with Gasteiger partial charge in [0, 0.05) is 49.8 Å². The zero-order chi connectivity index (χ0) is 18.8. The second-order valence-corrected chi connectivity index (χ2v) is 6.60. The normalized spacial score (nSPS) is 14.4. The standard InChI is InChI=1S/C19H21N7O/c1-14-13-15(2)26(23-14)18-4-3-17(21-22-18)24-9-11-25(12-10-24)19(27)16-5-7-20-8-6-16/h3-8,13H,9-12H2,1-2H3. The average molecular weight is 363 g/mol. The zero-order valence-electron chi connectivity index (χ0n) is 15.4. The number of piperazine rings is 1. The van der Waals surface area contributed by atoms with Crippen LogP contribution in [0.4, 0.5) is 5.82 Å². The molecule has 4 rings (SSSR count). The summed E-state index contributed by atoms with van der Waals surface area (Å²) in [4.78, 5) is 20.5. The third-order valence-corrected chi connectivity index (χ3v) is 4.68. The summed E-state index contributed by atoms with van der Waals surface area (Å²) in [6.45, 7) is 6.71. The SMILES string of the molecule is Cc1cc(C)n(-c2ccc(N3CCN(C(=O)c4ccncc4)CC3)nn2)n1. The van der Waals surface area contributed by atoms with Crippen molar-refractivity contribution in [3.05, 3.63) is 59.7 Å². The first-order valence-electron chi connectivity index (χ1n) is 8.93. The lowest BCUT2D eigenvalue weighted by atomic mass is 10.2. The molecule has 8 nitrogen and oxygen atoms in total. The van der Waals surface area contributed by atoms with Crippen molar-refractivity contribution in [1.29, 1.82) is 0 Å². The van der Waals surface area contributed by atoms with Gasteiger partial charge in [-0.3, -0.25) is 9.78 Å². The minimum Gasteiger partial charge on any atom is -0.352 e. The summed E-state index contributed by atoms with van der Waals surface area (Å²) in [6.07, 6.45) is 3.28. The average Bonchev–Trinajstić information content (AvgIpc) is 3.06. The highest BCUT2D eigenvalue weighted by Gasteiger charge is 2.23. The third kappa shape index (κ3) is 3.51. The summed E-state index contributed by atoms with van der Waals surface area (Å²) in [5, 5.41) is 13.1. The van der Waals surface area contributed by atoms with E-state index in [0.717, 1.165) is 30.3 Å². The number of amides is 1. The molecule has 4 heterocycles. The molecule has 27 heavy (non-hydrogen) atoms. The molecule has 0 aromatic carbocycles. The lowest BCUT2D eigenvalue weighted by Crippen LogP contribution is -2.49. The number of aryl methyl sites for hydroxylation is 2. The predicted molar refractivity (Wildman–Crippen MR) is 101 cm³/mol. The monoisotopic (exact) mass is 363 g/mol. The van der Waals surface area contributed by atoms with E-state index in [4.69, 9.17) is 0 Å². The highest BCUT2D eigenvalue weighted by atomic mass is 16.2. The Balaban J connectivity index is 1.41. The van der Waals surface area contributed by atoms with Crippen molar-refractivity contribution in [2.24, 2.45) is 0 Å². The molecule has 8 heteroatoms. The minimum absolute atomic E-state index is 0.0445. The molecule has 1 saturated heterocycles. The Hall–Kier alpha value is -3.29. The Kier molecular flexibility index (Phi) is 4.53. The van der Waals surface area contributed by atoms with Crippen LogP contribution in [-0.4, -0.2) is 61.9 Å². The van der Waals surface area contributed by atoms with Crippen molar-refractivity contribution in [3.8, 4) is 5.82 Å². The van der Waals surface area contributed by atoms with E-state index in [2.05, 4.69) is 25.2 Å². The second-order valence-electron chi connectivity index (χ2n) is 6.60. The Morgan fingerprint density at radius 2 is 1.59 bits per heavy atom. The highest BCUT2D eigenvalue weighted by molar-refractivity contribution is 5.94. The van der Waals surface area contributed by atoms with Gasteiger partial charge in [0.25, 0.3) is 5.91 Å². The van der Waals surface area contributed by atoms with E-state index in [0.29, 0.717) is 24.5 Å². The molecule has 3 aromatic rings. The van der Waals surface area contributed by atoms with E-state index in [1.54, 1.807) is 29.2 Å². The fraction of sp³-hybridized carbons (Fsp3) is 0.316. The summed E-state index contributed by atoms with van der Waals surface area (Å²) < 4.78 is 1.79. The molecule has 1 aliphatic heterocycles. The van der Waals surface area contributed by atoms with Gasteiger partial charge in [0.15, 0.2) is 11.6 Å². The smallest absolute Gasteiger partial charge is 0.254 e. The van der Waals surface area contributed by atoms with Crippen molar-refractivity contribution in [2.45, 2.75) is 13.8 Å². The molecule has 0 aliphatic carbocycles. The van der Waals surface area contributed by atoms with Crippen LogP contribution in [-0.2, 0) is 0 Å². The molecule has 0 bridgehead atoms. The van der Waals surface area contributed by atoms with E-state index >= 15 is 0 Å². The van der Waals surface area contributed by atoms with Crippen molar-refractivity contribution in [3.63, 3.8) is 0 Å². The second kappa shape index (κ2) is 7.14. The Morgan fingerprint density at radius 1 is 0.926 bits per heavy atom. The molecule has 0 radical (unpaired) electrons. The summed E-state index contributed by atoms with van der Waals surface area (Å²) in [5.41, 5.74) is 2.65. The van der Waals surface area contributed by atoms with Gasteiger partial charge in [-0.05, 0) is 44.2 Å². The number of anilines is 1. The van der Waals surface area contributed by atoms with Crippen LogP contribution in [0.5, 0.6) is 0 Å². The highest BCUT2D eigenvalue weighted by Crippen LogP contribution is 2.16. The minimum atomic E-state index is 0.0445. The van der Waals surface area contributed by atoms with E-state index in [-0.39, 0.29) is 5.91 Å². The number of carbonyl (C=O) groups excluding carboxylic acids is 1. The molecule has 1 aliphatic rings. The molecule has 0 spiro atoms. The maximum absolute atomic E-state index is 12.5. The number of hydrogen-bond acceptors (Lipinski definition) is 6. The molecular weight excluding hydrogens is 342 g/mol. The zero-order valence-corrected chi connectivity index (χ0v) is 15.4. The van der Waals surface area contributed by atoms with Gasteiger partial charge in [0.05, 0.1) is 5.69 Å². The number of nitrogens with zero attached hydrogens (tertiary/aromatic N) is 7. The maximum atomic E-state index is 12.5. The van der Waals surface area contributed by atoms with Crippen LogP contribution in [0.2, 0.25) is 0 Å². The van der Waals surface area contributed by atoms with E-state index < -0.39 is 0 Å². The van der Waals surface area contributed by atoms with Gasteiger partial charge in [0.1, 0.15) is 0 Å². The van der Waals surface area contributed by atoms with Crippen LogP contribution in [0.25, 0.3) is 5.82 Å². The first-order chi connectivity index (χ1) is 13.1. The van der Waals surface area contributed by atoms with Crippen molar-refractivity contribution >= 4 is 11.7 Å². The molecule has 0 atom stereocenters. The lowest BCUT2D eigenvalue weighted by molar-refractivity contribution is 0.0746. The fourth-order valence-corrected chi connectivity index (χ4v) is 3.28. The van der Waals surface area contributed by atoms with Gasteiger partial charge in [-0.2, -0.15) is 5.10 Å². The van der Waals surface area contributed by atoms with Crippen molar-refractivity contribution in [1.82, 2.24) is 29.9 Å². The quantitative estimate of drug-likeness (QED) is 0.704. The molecule has 1 amide bonds. The summed E-state index contributed by atoms with van der Waals surface area (Å²) in [6, 6.07) is 9.39. The molecular formula is C19H21N7O. The van der Waals surface area contributed by atoms with Crippen LogP contribution in [0.15, 0.2) is 42.7 Å². The molecule has 138 valence electrons. The Morgan fingerprint density at radius 3 is 2.19 bits per heavy atom. The van der Waals surface area contributed by atoms with Gasteiger partial charge in [-0.1, -0.05) is 0 Å². The topological polar surface area (TPSA) is 80.0 Å². The predicted octanol–water partition coefficient (Wildman–Crippen LogP) is 1.64. The largest absolute Gasteiger partial charge is 0.352 e. The van der Waals surface area contributed by atoms with Gasteiger partial charge in [-0.15, -0.1) is 10.2 Å². The lowest BCUT2D eigenvalue weighted by Gasteiger charge is -2.35. The fourth-order valence-electron chi connectivity index (χ4n) is 3.28. The first-order valence-corrected chi connectivity index (χ1v) is 8.93. The van der Waals surface area contributed by atoms with Crippen LogP contribution in [0, 0.1) is 13.8 Å². The number of pyridine rings is 1. The van der Waals surface area contributed by atoms with Crippen LogP contribution >= 0.6 is 0 Å². The maximum Gasteiger partial charge on any atom is 0.254 e.